The number of carbonyl (C=O) groups is 2. The smallest absolute Gasteiger partial charge is 0.406 e. The van der Waals surface area contributed by atoms with Crippen LogP contribution in [0.1, 0.15) is 17.1 Å². The summed E-state index contributed by atoms with van der Waals surface area (Å²) in [6.45, 7) is 0.184. The highest BCUT2D eigenvalue weighted by atomic mass is 32.1. The van der Waals surface area contributed by atoms with Crippen molar-refractivity contribution in [3.05, 3.63) is 16.1 Å². The minimum atomic E-state index is -4.47. The van der Waals surface area contributed by atoms with Crippen molar-refractivity contribution in [1.29, 1.82) is 0 Å². The summed E-state index contributed by atoms with van der Waals surface area (Å²) in [5.41, 5.74) is 0.804. The fourth-order valence-electron chi connectivity index (χ4n) is 2.02. The third kappa shape index (κ3) is 4.42. The van der Waals surface area contributed by atoms with E-state index in [1.54, 1.807) is 12.3 Å². The van der Waals surface area contributed by atoms with Gasteiger partial charge < -0.3 is 9.64 Å². The zero-order chi connectivity index (χ0) is 15.6. The van der Waals surface area contributed by atoms with Crippen molar-refractivity contribution in [2.45, 2.75) is 26.1 Å². The average molecular weight is 322 g/mol. The molecule has 1 aliphatic heterocycles. The molecule has 1 aromatic heterocycles. The predicted octanol–water partition coefficient (Wildman–Crippen LogP) is 1.91. The Morgan fingerprint density at radius 1 is 1.57 bits per heavy atom. The van der Waals surface area contributed by atoms with Gasteiger partial charge in [-0.25, -0.2) is 4.98 Å². The van der Waals surface area contributed by atoms with Gasteiger partial charge in [0.25, 0.3) is 0 Å². The summed E-state index contributed by atoms with van der Waals surface area (Å²) < 4.78 is 41.8. The van der Waals surface area contributed by atoms with Crippen LogP contribution < -0.4 is 0 Å². The van der Waals surface area contributed by atoms with Crippen molar-refractivity contribution < 1.29 is 27.5 Å². The second-order valence-corrected chi connectivity index (χ2v) is 5.72. The molecular formula is C12H13F3N2O3S. The van der Waals surface area contributed by atoms with Gasteiger partial charge in [-0.15, -0.1) is 11.3 Å². The first kappa shape index (κ1) is 15.7. The van der Waals surface area contributed by atoms with Crippen LogP contribution in [0.15, 0.2) is 5.38 Å². The van der Waals surface area contributed by atoms with Crippen LogP contribution >= 0.6 is 11.3 Å². The van der Waals surface area contributed by atoms with E-state index < -0.39 is 30.5 Å². The first-order chi connectivity index (χ1) is 9.74. The van der Waals surface area contributed by atoms with Gasteiger partial charge in [0, 0.05) is 24.0 Å². The van der Waals surface area contributed by atoms with Gasteiger partial charge in [0.2, 0.25) is 5.91 Å². The lowest BCUT2D eigenvalue weighted by atomic mass is 10.1. The van der Waals surface area contributed by atoms with Gasteiger partial charge in [0.05, 0.1) is 5.92 Å². The summed E-state index contributed by atoms with van der Waals surface area (Å²) in [5.74, 6) is -2.19. The van der Waals surface area contributed by atoms with E-state index in [0.29, 0.717) is 9.91 Å². The molecule has 5 nitrogen and oxygen atoms in total. The number of ether oxygens (including phenoxy) is 1. The highest BCUT2D eigenvalue weighted by molar-refractivity contribution is 7.09. The van der Waals surface area contributed by atoms with Crippen LogP contribution in [0.4, 0.5) is 13.2 Å². The van der Waals surface area contributed by atoms with Gasteiger partial charge in [-0.05, 0) is 6.92 Å². The first-order valence-electron chi connectivity index (χ1n) is 6.17. The number of aromatic nitrogens is 1. The van der Waals surface area contributed by atoms with Crippen LogP contribution in [0.25, 0.3) is 0 Å². The van der Waals surface area contributed by atoms with Crippen LogP contribution in [-0.2, 0) is 20.9 Å². The first-order valence-corrected chi connectivity index (χ1v) is 7.05. The fourth-order valence-corrected chi connectivity index (χ4v) is 2.70. The number of hydrogen-bond acceptors (Lipinski definition) is 5. The number of hydrogen-bond donors (Lipinski definition) is 0. The van der Waals surface area contributed by atoms with E-state index >= 15 is 0 Å². The predicted molar refractivity (Wildman–Crippen MR) is 67.4 cm³/mol. The Balaban J connectivity index is 1.85. The summed E-state index contributed by atoms with van der Waals surface area (Å²) in [7, 11) is 0. The maximum Gasteiger partial charge on any atom is 0.406 e. The van der Waals surface area contributed by atoms with Crippen molar-refractivity contribution >= 4 is 23.2 Å². The molecule has 1 atom stereocenters. The molecule has 1 amide bonds. The number of amides is 1. The molecule has 2 rings (SSSR count). The van der Waals surface area contributed by atoms with Crippen molar-refractivity contribution in [2.24, 2.45) is 5.92 Å². The van der Waals surface area contributed by atoms with Crippen molar-refractivity contribution in [1.82, 2.24) is 9.88 Å². The number of carbonyl (C=O) groups excluding carboxylic acids is 2. The maximum absolute atomic E-state index is 12.3. The van der Waals surface area contributed by atoms with Gasteiger partial charge in [-0.3, -0.25) is 9.59 Å². The number of likely N-dealkylation sites (tertiary alicyclic amines) is 1. The molecule has 9 heteroatoms. The van der Waals surface area contributed by atoms with E-state index in [1.807, 2.05) is 0 Å². The third-order valence-electron chi connectivity index (χ3n) is 2.92. The molecule has 116 valence electrons. The molecule has 1 aliphatic rings. The summed E-state index contributed by atoms with van der Waals surface area (Å²) >= 11 is 1.33. The van der Waals surface area contributed by atoms with E-state index in [9.17, 15) is 22.8 Å². The second-order valence-electron chi connectivity index (χ2n) is 4.78. The molecule has 0 aromatic carbocycles. The van der Waals surface area contributed by atoms with Crippen molar-refractivity contribution in [3.63, 3.8) is 0 Å². The van der Waals surface area contributed by atoms with E-state index in [-0.39, 0.29) is 19.6 Å². The molecule has 0 bridgehead atoms. The minimum absolute atomic E-state index is 0.0265. The van der Waals surface area contributed by atoms with Crippen molar-refractivity contribution in [2.75, 3.05) is 13.1 Å². The van der Waals surface area contributed by atoms with E-state index in [2.05, 4.69) is 4.98 Å². The normalized spacial score (nSPS) is 19.1. The van der Waals surface area contributed by atoms with Gasteiger partial charge in [0.1, 0.15) is 18.2 Å². The lowest BCUT2D eigenvalue weighted by Crippen LogP contribution is -2.35. The number of esters is 1. The van der Waals surface area contributed by atoms with Gasteiger partial charge in [-0.1, -0.05) is 0 Å². The highest BCUT2D eigenvalue weighted by Gasteiger charge is 2.41. The quantitative estimate of drug-likeness (QED) is 0.795. The molecule has 0 spiro atoms. The number of aryl methyl sites for hydroxylation is 1. The number of rotatable bonds is 4. The summed E-state index contributed by atoms with van der Waals surface area (Å²) in [6, 6.07) is 0. The molecule has 1 fully saturated rings. The van der Waals surface area contributed by atoms with Crippen LogP contribution in [-0.4, -0.2) is 41.0 Å². The van der Waals surface area contributed by atoms with E-state index in [1.165, 1.54) is 11.3 Å². The third-order valence-corrected chi connectivity index (χ3v) is 3.86. The lowest BCUT2D eigenvalue weighted by molar-refractivity contribution is -0.158. The Hall–Kier alpha value is -1.64. The average Bonchev–Trinajstić information content (AvgIpc) is 2.92. The molecule has 0 aliphatic carbocycles. The van der Waals surface area contributed by atoms with E-state index in [4.69, 9.17) is 4.74 Å². The summed E-state index contributed by atoms with van der Waals surface area (Å²) in [5, 5.41) is 2.41. The van der Waals surface area contributed by atoms with Gasteiger partial charge >= 0.3 is 12.1 Å². The Morgan fingerprint density at radius 3 is 2.86 bits per heavy atom. The van der Waals surface area contributed by atoms with Crippen LogP contribution in [0, 0.1) is 12.8 Å². The molecule has 0 radical (unpaired) electrons. The second kappa shape index (κ2) is 6.00. The molecule has 1 saturated heterocycles. The molecule has 0 saturated carbocycles. The Kier molecular flexibility index (Phi) is 4.50. The zero-order valence-corrected chi connectivity index (χ0v) is 12.0. The zero-order valence-electron chi connectivity index (χ0n) is 11.1. The standard InChI is InChI=1S/C12H13F3N2O3S/c1-7-5-21-9(16-7)4-20-11(19)8-2-10(18)17(3-8)6-12(13,14)15/h5,8H,2-4,6H2,1H3/t8-/m1/s1. The summed E-state index contributed by atoms with van der Waals surface area (Å²) in [6.07, 6.45) is -4.71. The number of alkyl halides is 3. The Bertz CT molecular complexity index is 544. The topological polar surface area (TPSA) is 59.5 Å². The molecular weight excluding hydrogens is 309 g/mol. The Labute approximate surface area is 122 Å². The van der Waals surface area contributed by atoms with Gasteiger partial charge in [0.15, 0.2) is 0 Å². The summed E-state index contributed by atoms with van der Waals surface area (Å²) in [4.78, 5) is 28.0. The van der Waals surface area contributed by atoms with Crippen LogP contribution in [0.3, 0.4) is 0 Å². The van der Waals surface area contributed by atoms with Gasteiger partial charge in [-0.2, -0.15) is 13.2 Å². The molecule has 0 N–H and O–H groups in total. The van der Waals surface area contributed by atoms with E-state index in [0.717, 1.165) is 5.69 Å². The molecule has 0 unspecified atom stereocenters. The lowest BCUT2D eigenvalue weighted by Gasteiger charge is -2.18. The number of nitrogens with zero attached hydrogens (tertiary/aromatic N) is 2. The van der Waals surface area contributed by atoms with Crippen LogP contribution in [0.5, 0.6) is 0 Å². The monoisotopic (exact) mass is 322 g/mol. The minimum Gasteiger partial charge on any atom is -0.458 e. The Morgan fingerprint density at radius 2 is 2.29 bits per heavy atom. The molecule has 21 heavy (non-hydrogen) atoms. The molecule has 2 heterocycles. The number of thiazole rings is 1. The fraction of sp³-hybridized carbons (Fsp3) is 0.583. The highest BCUT2D eigenvalue weighted by Crippen LogP contribution is 2.25. The maximum atomic E-state index is 12.3. The van der Waals surface area contributed by atoms with Crippen molar-refractivity contribution in [3.8, 4) is 0 Å². The largest absolute Gasteiger partial charge is 0.458 e. The molecule has 1 aromatic rings. The number of halogens is 3. The SMILES string of the molecule is Cc1csc(COC(=O)[C@@H]2CC(=O)N(CC(F)(F)F)C2)n1. The van der Waals surface area contributed by atoms with Crippen LogP contribution in [0.2, 0.25) is 0 Å².